The molecule has 3 rings (SSSR count). The van der Waals surface area contributed by atoms with Gasteiger partial charge in [-0.15, -0.1) is 0 Å². The summed E-state index contributed by atoms with van der Waals surface area (Å²) in [7, 11) is -4.36. The standard InChI is InChI=1S/C20H16N4O8S/c25-18-7-3-4-12(19(18)26)11-21-22-16-9-8-13(10-17(16)24(29)30)33(31,32)23-15-6-2-1-5-14(15)20(27)28/h1-11,22-23,25-26H,(H,27,28)/b21-11+. The molecule has 0 atom stereocenters. The van der Waals surface area contributed by atoms with Gasteiger partial charge in [0.25, 0.3) is 15.7 Å². The Morgan fingerprint density at radius 2 is 1.76 bits per heavy atom. The van der Waals surface area contributed by atoms with Gasteiger partial charge in [-0.25, -0.2) is 13.2 Å². The largest absolute Gasteiger partial charge is 0.504 e. The second-order valence-corrected chi connectivity index (χ2v) is 8.16. The molecule has 0 saturated carbocycles. The number of anilines is 2. The van der Waals surface area contributed by atoms with Crippen LogP contribution in [-0.2, 0) is 10.0 Å². The SMILES string of the molecule is O=C(O)c1ccccc1NS(=O)(=O)c1ccc(N/N=C/c2cccc(O)c2O)c([N+](=O)[O-])c1. The molecule has 0 aliphatic rings. The van der Waals surface area contributed by atoms with Gasteiger partial charge in [0.15, 0.2) is 11.5 Å². The number of rotatable bonds is 8. The summed E-state index contributed by atoms with van der Waals surface area (Å²) in [5, 5.41) is 43.7. The molecular weight excluding hydrogens is 456 g/mol. The maximum absolute atomic E-state index is 12.7. The van der Waals surface area contributed by atoms with E-state index in [2.05, 4.69) is 15.2 Å². The van der Waals surface area contributed by atoms with E-state index in [-0.39, 0.29) is 28.3 Å². The van der Waals surface area contributed by atoms with Gasteiger partial charge < -0.3 is 15.3 Å². The third-order valence-electron chi connectivity index (χ3n) is 4.31. The maximum atomic E-state index is 12.7. The maximum Gasteiger partial charge on any atom is 0.337 e. The molecule has 3 aromatic carbocycles. The minimum absolute atomic E-state index is 0.130. The molecule has 33 heavy (non-hydrogen) atoms. The lowest BCUT2D eigenvalue weighted by atomic mass is 10.2. The van der Waals surface area contributed by atoms with Crippen LogP contribution in [0.4, 0.5) is 17.1 Å². The number of phenols is 2. The molecule has 170 valence electrons. The van der Waals surface area contributed by atoms with Gasteiger partial charge in [-0.3, -0.25) is 20.3 Å². The second kappa shape index (κ2) is 9.23. The number of carboxylic acid groups (broad SMARTS) is 1. The predicted octanol–water partition coefficient (Wildman–Crippen LogP) is 2.95. The molecule has 0 bridgehead atoms. The molecule has 0 heterocycles. The molecule has 13 heteroatoms. The molecule has 3 aromatic rings. The van der Waals surface area contributed by atoms with Gasteiger partial charge >= 0.3 is 5.97 Å². The van der Waals surface area contributed by atoms with Crippen molar-refractivity contribution in [3.63, 3.8) is 0 Å². The first-order valence-corrected chi connectivity index (χ1v) is 10.5. The molecule has 0 aromatic heterocycles. The fourth-order valence-corrected chi connectivity index (χ4v) is 3.81. The Kier molecular flexibility index (Phi) is 6.44. The van der Waals surface area contributed by atoms with E-state index in [1.165, 1.54) is 42.5 Å². The van der Waals surface area contributed by atoms with E-state index >= 15 is 0 Å². The molecule has 0 fully saturated rings. The van der Waals surface area contributed by atoms with Gasteiger partial charge in [-0.2, -0.15) is 5.10 Å². The van der Waals surface area contributed by atoms with Crippen LogP contribution in [0.1, 0.15) is 15.9 Å². The zero-order chi connectivity index (χ0) is 24.2. The number of hydrogen-bond acceptors (Lipinski definition) is 9. The molecule has 0 unspecified atom stereocenters. The predicted molar refractivity (Wildman–Crippen MR) is 118 cm³/mol. The highest BCUT2D eigenvalue weighted by Crippen LogP contribution is 2.30. The molecule has 0 aliphatic carbocycles. The third-order valence-corrected chi connectivity index (χ3v) is 5.68. The summed E-state index contributed by atoms with van der Waals surface area (Å²) in [5.41, 5.74) is 1.24. The van der Waals surface area contributed by atoms with Crippen molar-refractivity contribution < 1.29 is 33.5 Å². The first kappa shape index (κ1) is 23.0. The van der Waals surface area contributed by atoms with E-state index in [4.69, 9.17) is 0 Å². The summed E-state index contributed by atoms with van der Waals surface area (Å²) in [6.07, 6.45) is 1.10. The van der Waals surface area contributed by atoms with Crippen molar-refractivity contribution in [2.24, 2.45) is 5.10 Å². The number of hydrazone groups is 1. The summed E-state index contributed by atoms with van der Waals surface area (Å²) in [4.78, 5) is 21.5. The van der Waals surface area contributed by atoms with E-state index in [0.717, 1.165) is 24.4 Å². The molecule has 0 saturated heterocycles. The van der Waals surface area contributed by atoms with Gasteiger partial charge in [0.2, 0.25) is 0 Å². The molecule has 0 amide bonds. The summed E-state index contributed by atoms with van der Waals surface area (Å²) >= 11 is 0. The normalized spacial score (nSPS) is 11.3. The number of sulfonamides is 1. The number of nitrogens with zero attached hydrogens (tertiary/aromatic N) is 2. The number of nitro groups is 1. The highest BCUT2D eigenvalue weighted by Gasteiger charge is 2.23. The van der Waals surface area contributed by atoms with E-state index in [1.54, 1.807) is 0 Å². The Hall–Kier alpha value is -4.65. The molecule has 0 radical (unpaired) electrons. The number of aromatic carboxylic acids is 1. The van der Waals surface area contributed by atoms with Crippen molar-refractivity contribution in [1.82, 2.24) is 0 Å². The zero-order valence-corrected chi connectivity index (χ0v) is 17.4. The average molecular weight is 472 g/mol. The van der Waals surface area contributed by atoms with Crippen molar-refractivity contribution in [3.05, 3.63) is 81.9 Å². The van der Waals surface area contributed by atoms with Crippen molar-refractivity contribution in [1.29, 1.82) is 0 Å². The number of nitro benzene ring substituents is 1. The summed E-state index contributed by atoms with van der Waals surface area (Å²) in [5.74, 6) is -2.17. The van der Waals surface area contributed by atoms with E-state index < -0.39 is 37.2 Å². The first-order valence-electron chi connectivity index (χ1n) is 9.04. The minimum Gasteiger partial charge on any atom is -0.504 e. The molecule has 0 spiro atoms. The van der Waals surface area contributed by atoms with Gasteiger partial charge in [0.05, 0.1) is 27.3 Å². The Morgan fingerprint density at radius 1 is 1.03 bits per heavy atom. The van der Waals surface area contributed by atoms with Crippen LogP contribution in [0.15, 0.2) is 70.7 Å². The summed E-state index contributed by atoms with van der Waals surface area (Å²) in [6, 6.07) is 12.4. The quantitative estimate of drug-likeness (QED) is 0.142. The smallest absolute Gasteiger partial charge is 0.337 e. The molecule has 0 aliphatic heterocycles. The van der Waals surface area contributed by atoms with Crippen LogP contribution in [-0.4, -0.2) is 40.8 Å². The van der Waals surface area contributed by atoms with Crippen molar-refractivity contribution in [2.45, 2.75) is 4.90 Å². The number of aromatic hydroxyl groups is 2. The van der Waals surface area contributed by atoms with Crippen LogP contribution in [0, 0.1) is 10.1 Å². The highest BCUT2D eigenvalue weighted by molar-refractivity contribution is 7.92. The van der Waals surface area contributed by atoms with Crippen LogP contribution in [0.5, 0.6) is 11.5 Å². The second-order valence-electron chi connectivity index (χ2n) is 6.48. The van der Waals surface area contributed by atoms with Crippen LogP contribution in [0.2, 0.25) is 0 Å². The fourth-order valence-electron chi connectivity index (χ4n) is 2.71. The zero-order valence-electron chi connectivity index (χ0n) is 16.5. The number of nitrogens with one attached hydrogen (secondary N) is 2. The van der Waals surface area contributed by atoms with Gasteiger partial charge in [-0.05, 0) is 36.4 Å². The Bertz CT molecular complexity index is 1370. The lowest BCUT2D eigenvalue weighted by Crippen LogP contribution is -2.16. The fraction of sp³-hybridized carbons (Fsp3) is 0. The van der Waals surface area contributed by atoms with E-state index in [1.807, 2.05) is 0 Å². The van der Waals surface area contributed by atoms with Crippen molar-refractivity contribution in [3.8, 4) is 11.5 Å². The van der Waals surface area contributed by atoms with Gasteiger partial charge in [0.1, 0.15) is 5.69 Å². The summed E-state index contributed by atoms with van der Waals surface area (Å²) in [6.45, 7) is 0. The van der Waals surface area contributed by atoms with Gasteiger partial charge in [0, 0.05) is 11.6 Å². The lowest BCUT2D eigenvalue weighted by molar-refractivity contribution is -0.384. The Morgan fingerprint density at radius 3 is 2.45 bits per heavy atom. The molecule has 5 N–H and O–H groups in total. The molecule has 12 nitrogen and oxygen atoms in total. The van der Waals surface area contributed by atoms with Crippen LogP contribution in [0.3, 0.4) is 0 Å². The number of hydrogen-bond donors (Lipinski definition) is 5. The third kappa shape index (κ3) is 5.16. The topological polar surface area (TPSA) is 191 Å². The Balaban J connectivity index is 1.89. The number of carboxylic acids is 1. The van der Waals surface area contributed by atoms with Crippen LogP contribution < -0.4 is 10.1 Å². The highest BCUT2D eigenvalue weighted by atomic mass is 32.2. The van der Waals surface area contributed by atoms with E-state index in [9.17, 15) is 38.6 Å². The first-order chi connectivity index (χ1) is 15.6. The average Bonchev–Trinajstić information content (AvgIpc) is 2.76. The van der Waals surface area contributed by atoms with Crippen molar-refractivity contribution >= 4 is 39.3 Å². The van der Waals surface area contributed by atoms with Crippen LogP contribution in [0.25, 0.3) is 0 Å². The monoisotopic (exact) mass is 472 g/mol. The number of phenolic OH excluding ortho intramolecular Hbond substituents is 2. The van der Waals surface area contributed by atoms with Crippen LogP contribution >= 0.6 is 0 Å². The summed E-state index contributed by atoms with van der Waals surface area (Å²) < 4.78 is 27.5. The molecular formula is C20H16N4O8S. The minimum atomic E-state index is -4.36. The number of benzene rings is 3. The number of para-hydroxylation sites is 2. The van der Waals surface area contributed by atoms with E-state index in [0.29, 0.717) is 0 Å². The van der Waals surface area contributed by atoms with Crippen molar-refractivity contribution in [2.75, 3.05) is 10.1 Å². The Labute approximate surface area is 186 Å². The number of carbonyl (C=O) groups is 1. The van der Waals surface area contributed by atoms with Gasteiger partial charge in [-0.1, -0.05) is 18.2 Å². The lowest BCUT2D eigenvalue weighted by Gasteiger charge is -2.11.